The highest BCUT2D eigenvalue weighted by molar-refractivity contribution is 7.87. The van der Waals surface area contributed by atoms with Gasteiger partial charge in [-0.15, -0.1) is 20.1 Å². The van der Waals surface area contributed by atoms with Gasteiger partial charge in [0.1, 0.15) is 0 Å². The monoisotopic (exact) mass is 524 g/mol. The van der Waals surface area contributed by atoms with Gasteiger partial charge in [0.15, 0.2) is 0 Å². The Balaban J connectivity index is 1.63. The second-order valence-electron chi connectivity index (χ2n) is 8.79. The first-order chi connectivity index (χ1) is 19.3. The van der Waals surface area contributed by atoms with E-state index in [2.05, 4.69) is 83.1 Å². The molecule has 0 aliphatic heterocycles. The molecule has 0 aliphatic rings. The Bertz CT molecular complexity index is 1630. The van der Waals surface area contributed by atoms with Crippen molar-refractivity contribution in [2.24, 2.45) is 9.96 Å². The summed E-state index contributed by atoms with van der Waals surface area (Å²) < 4.78 is 0. The molecule has 6 nitrogen and oxygen atoms in total. The van der Waals surface area contributed by atoms with Crippen molar-refractivity contribution in [2.45, 2.75) is 0 Å². The van der Waals surface area contributed by atoms with E-state index in [4.69, 9.17) is 15.1 Å². The highest BCUT2D eigenvalue weighted by atomic mass is 31.2. The molecule has 1 aromatic heterocycles. The van der Waals surface area contributed by atoms with Crippen LogP contribution in [0.5, 0.6) is 0 Å². The highest BCUT2D eigenvalue weighted by Crippen LogP contribution is 2.46. The molecule has 0 bridgehead atoms. The maximum atomic E-state index is 5.27. The largest absolute Gasteiger partial charge is 0.205 e. The molecular weight excluding hydrogens is 499 g/mol. The second-order valence-corrected chi connectivity index (χ2v) is 11.8. The van der Waals surface area contributed by atoms with E-state index in [9.17, 15) is 0 Å². The first kappa shape index (κ1) is 24.4. The molecule has 7 heteroatoms. The summed E-state index contributed by atoms with van der Waals surface area (Å²) in [4.78, 5) is 6.74. The van der Waals surface area contributed by atoms with E-state index in [1.165, 1.54) is 4.80 Å². The molecule has 0 saturated carbocycles. The number of hydrogen-bond acceptors (Lipinski definition) is 4. The predicted molar refractivity (Wildman–Crippen MR) is 159 cm³/mol. The average molecular weight is 525 g/mol. The van der Waals surface area contributed by atoms with Crippen LogP contribution in [-0.2, 0) is 0 Å². The van der Waals surface area contributed by atoms with Crippen LogP contribution in [0.3, 0.4) is 0 Å². The summed E-state index contributed by atoms with van der Waals surface area (Å²) in [5.74, 6) is 1.02. The molecule has 188 valence electrons. The molecule has 0 aliphatic carbocycles. The summed E-state index contributed by atoms with van der Waals surface area (Å²) in [7, 11) is -2.55. The standard InChI is InChI=1S/C32H25N6P/c1-6-16-26(17-7-1)31-33-36-38(35-31)32(27-18-8-2-9-19-27)34-37-39(28-20-10-3-11-21-28,29-22-12-4-13-23-29)30-24-14-5-15-25-30/h1-25H/b34-32+. The fourth-order valence-corrected chi connectivity index (χ4v) is 7.68. The molecule has 0 radical (unpaired) electrons. The lowest BCUT2D eigenvalue weighted by Gasteiger charge is -2.25. The Morgan fingerprint density at radius 1 is 0.538 bits per heavy atom. The second kappa shape index (κ2) is 11.2. The zero-order valence-corrected chi connectivity index (χ0v) is 22.0. The van der Waals surface area contributed by atoms with Gasteiger partial charge in [-0.3, -0.25) is 0 Å². The minimum absolute atomic E-state index is 0.498. The number of aromatic nitrogens is 4. The Hall–Kier alpha value is -4.93. The maximum absolute atomic E-state index is 5.27. The summed E-state index contributed by atoms with van der Waals surface area (Å²) in [6, 6.07) is 50.9. The van der Waals surface area contributed by atoms with Crippen LogP contribution < -0.4 is 15.9 Å². The normalized spacial score (nSPS) is 11.7. The van der Waals surface area contributed by atoms with Crippen LogP contribution in [0.4, 0.5) is 0 Å². The Labute approximate surface area is 227 Å². The SMILES string of the molecule is c1ccc(/C(=N\N=P(c2ccccc2)(c2ccccc2)c2ccccc2)n2nnc(-c3ccccc3)n2)cc1. The molecule has 0 saturated heterocycles. The Morgan fingerprint density at radius 2 is 0.974 bits per heavy atom. The lowest BCUT2D eigenvalue weighted by molar-refractivity contribution is 0.758. The van der Waals surface area contributed by atoms with Crippen LogP contribution in [0.2, 0.25) is 0 Å². The van der Waals surface area contributed by atoms with Crippen molar-refractivity contribution in [3.05, 3.63) is 157 Å². The molecule has 0 spiro atoms. The third-order valence-corrected chi connectivity index (χ3v) is 9.82. The topological polar surface area (TPSA) is 68.3 Å². The van der Waals surface area contributed by atoms with Gasteiger partial charge < -0.3 is 0 Å². The quantitative estimate of drug-likeness (QED) is 0.121. The number of tetrazole rings is 1. The molecule has 0 atom stereocenters. The van der Waals surface area contributed by atoms with Crippen molar-refractivity contribution in [3.8, 4) is 11.4 Å². The number of nitrogens with zero attached hydrogens (tertiary/aromatic N) is 6. The van der Waals surface area contributed by atoms with Crippen molar-refractivity contribution >= 4 is 28.8 Å². The summed E-state index contributed by atoms with van der Waals surface area (Å²) in [5, 5.41) is 21.7. The van der Waals surface area contributed by atoms with E-state index in [-0.39, 0.29) is 0 Å². The Morgan fingerprint density at radius 3 is 1.46 bits per heavy atom. The van der Waals surface area contributed by atoms with E-state index in [1.807, 2.05) is 78.9 Å². The molecule has 0 unspecified atom stereocenters. The van der Waals surface area contributed by atoms with Gasteiger partial charge in [-0.1, -0.05) is 152 Å². The van der Waals surface area contributed by atoms with Crippen molar-refractivity contribution < 1.29 is 0 Å². The average Bonchev–Trinajstić information content (AvgIpc) is 3.52. The fourth-order valence-electron chi connectivity index (χ4n) is 4.45. The molecule has 39 heavy (non-hydrogen) atoms. The zero-order valence-electron chi connectivity index (χ0n) is 21.1. The third-order valence-electron chi connectivity index (χ3n) is 6.33. The van der Waals surface area contributed by atoms with Crippen LogP contribution in [0.15, 0.2) is 162 Å². The molecule has 1 heterocycles. The van der Waals surface area contributed by atoms with Crippen LogP contribution in [-0.4, -0.2) is 26.0 Å². The van der Waals surface area contributed by atoms with Gasteiger partial charge in [0.2, 0.25) is 11.7 Å². The number of hydrogen-bond donors (Lipinski definition) is 0. The highest BCUT2D eigenvalue weighted by Gasteiger charge is 2.28. The summed E-state index contributed by atoms with van der Waals surface area (Å²) >= 11 is 0. The van der Waals surface area contributed by atoms with Gasteiger partial charge >= 0.3 is 0 Å². The van der Waals surface area contributed by atoms with E-state index in [0.717, 1.165) is 27.0 Å². The van der Waals surface area contributed by atoms with Crippen LogP contribution in [0.1, 0.15) is 5.56 Å². The lowest BCUT2D eigenvalue weighted by Crippen LogP contribution is -2.25. The van der Waals surface area contributed by atoms with E-state index >= 15 is 0 Å². The van der Waals surface area contributed by atoms with Gasteiger partial charge in [0, 0.05) is 27.0 Å². The number of rotatable bonds is 6. The predicted octanol–water partition coefficient (Wildman–Crippen LogP) is 5.73. The van der Waals surface area contributed by atoms with Gasteiger partial charge in [-0.05, 0) is 5.21 Å². The minimum Gasteiger partial charge on any atom is -0.156 e. The van der Waals surface area contributed by atoms with Crippen molar-refractivity contribution in [1.29, 1.82) is 0 Å². The minimum atomic E-state index is -2.55. The maximum Gasteiger partial charge on any atom is 0.205 e. The van der Waals surface area contributed by atoms with Crippen molar-refractivity contribution in [2.75, 3.05) is 0 Å². The molecular formula is C32H25N6P. The summed E-state index contributed by atoms with van der Waals surface area (Å²) in [6.07, 6.45) is 0. The summed E-state index contributed by atoms with van der Waals surface area (Å²) in [6.45, 7) is 0. The first-order valence-electron chi connectivity index (χ1n) is 12.6. The molecule has 6 aromatic rings. The molecule has 5 aromatic carbocycles. The van der Waals surface area contributed by atoms with Crippen LogP contribution in [0, 0.1) is 0 Å². The van der Waals surface area contributed by atoms with Gasteiger partial charge in [-0.2, -0.15) is 4.85 Å². The number of benzene rings is 5. The van der Waals surface area contributed by atoms with Crippen LogP contribution in [0.25, 0.3) is 11.4 Å². The molecule has 0 amide bonds. The molecule has 6 rings (SSSR count). The Kier molecular flexibility index (Phi) is 7.02. The summed E-state index contributed by atoms with van der Waals surface area (Å²) in [5.41, 5.74) is 1.72. The van der Waals surface area contributed by atoms with Crippen molar-refractivity contribution in [3.63, 3.8) is 0 Å². The van der Waals surface area contributed by atoms with Gasteiger partial charge in [0.25, 0.3) is 0 Å². The smallest absolute Gasteiger partial charge is 0.156 e. The van der Waals surface area contributed by atoms with E-state index in [0.29, 0.717) is 11.7 Å². The first-order valence-corrected chi connectivity index (χ1v) is 14.4. The zero-order chi connectivity index (χ0) is 26.3. The van der Waals surface area contributed by atoms with Gasteiger partial charge in [-0.25, -0.2) is 0 Å². The fraction of sp³-hybridized carbons (Fsp3) is 0. The lowest BCUT2D eigenvalue weighted by atomic mass is 10.2. The third kappa shape index (κ3) is 4.98. The van der Waals surface area contributed by atoms with Gasteiger partial charge in [0.05, 0.1) is 7.05 Å². The van der Waals surface area contributed by atoms with Crippen LogP contribution >= 0.6 is 7.05 Å². The van der Waals surface area contributed by atoms with E-state index < -0.39 is 7.05 Å². The van der Waals surface area contributed by atoms with Crippen molar-refractivity contribution in [1.82, 2.24) is 20.2 Å². The van der Waals surface area contributed by atoms with E-state index in [1.54, 1.807) is 0 Å². The molecule has 0 N–H and O–H groups in total. The molecule has 0 fully saturated rings.